The molecule has 2 fully saturated rings. The summed E-state index contributed by atoms with van der Waals surface area (Å²) in [5.74, 6) is 1.05. The second-order valence-electron chi connectivity index (χ2n) is 7.67. The molecule has 2 aliphatic carbocycles. The summed E-state index contributed by atoms with van der Waals surface area (Å²) in [6, 6.07) is 12.1. The number of aliphatic hydroxyl groups is 2. The number of aliphatic hydroxyl groups excluding tert-OH is 2. The molecule has 140 valence electrons. The zero-order chi connectivity index (χ0) is 18.4. The summed E-state index contributed by atoms with van der Waals surface area (Å²) in [5.41, 5.74) is 1.11. The summed E-state index contributed by atoms with van der Waals surface area (Å²) in [7, 11) is 0. The Kier molecular flexibility index (Phi) is 6.85. The molecule has 6 atom stereocenters. The van der Waals surface area contributed by atoms with Crippen molar-refractivity contribution in [1.82, 2.24) is 0 Å². The lowest BCUT2D eigenvalue weighted by Crippen LogP contribution is -2.20. The van der Waals surface area contributed by atoms with Crippen LogP contribution in [-0.4, -0.2) is 35.1 Å². The van der Waals surface area contributed by atoms with Crippen LogP contribution in [0.5, 0.6) is 0 Å². The minimum Gasteiger partial charge on any atom is -0.392 e. The van der Waals surface area contributed by atoms with Crippen LogP contribution in [0, 0.1) is 29.1 Å². The topological polar surface area (TPSA) is 73.5 Å². The van der Waals surface area contributed by atoms with Gasteiger partial charge in [-0.1, -0.05) is 42.5 Å². The summed E-state index contributed by atoms with van der Waals surface area (Å²) in [6.45, 7) is 0.649. The number of ether oxygens (including phenoxy) is 1. The molecule has 0 aromatic heterocycles. The number of hydrogen-bond donors (Lipinski definition) is 2. The minimum absolute atomic E-state index is 0.109. The average molecular weight is 355 g/mol. The Morgan fingerprint density at radius 3 is 2.81 bits per heavy atom. The molecule has 2 saturated carbocycles. The van der Waals surface area contributed by atoms with E-state index in [0.29, 0.717) is 31.3 Å². The number of hydrogen-bond acceptors (Lipinski definition) is 4. The van der Waals surface area contributed by atoms with Crippen LogP contribution in [0.2, 0.25) is 0 Å². The Balaban J connectivity index is 1.50. The van der Waals surface area contributed by atoms with Crippen molar-refractivity contribution in [2.75, 3.05) is 6.61 Å². The van der Waals surface area contributed by atoms with Gasteiger partial charge in [-0.15, -0.1) is 0 Å². The molecule has 1 aromatic rings. The van der Waals surface area contributed by atoms with Gasteiger partial charge in [0.05, 0.1) is 24.4 Å². The van der Waals surface area contributed by atoms with E-state index in [0.717, 1.165) is 31.2 Å². The third-order valence-electron chi connectivity index (χ3n) is 5.82. The molecule has 2 unspecified atom stereocenters. The molecule has 0 bridgehead atoms. The van der Waals surface area contributed by atoms with Crippen LogP contribution in [0.4, 0.5) is 0 Å². The fourth-order valence-electron chi connectivity index (χ4n) is 4.59. The minimum atomic E-state index is -0.525. The lowest BCUT2D eigenvalue weighted by atomic mass is 9.90. The van der Waals surface area contributed by atoms with E-state index < -0.39 is 6.10 Å². The van der Waals surface area contributed by atoms with E-state index in [4.69, 9.17) is 10.00 Å². The molecule has 4 nitrogen and oxygen atoms in total. The van der Waals surface area contributed by atoms with Crippen molar-refractivity contribution >= 4 is 0 Å². The summed E-state index contributed by atoms with van der Waals surface area (Å²) in [6.07, 6.45) is 8.03. The van der Waals surface area contributed by atoms with Gasteiger partial charge in [-0.25, -0.2) is 0 Å². The van der Waals surface area contributed by atoms with Crippen LogP contribution in [-0.2, 0) is 11.2 Å². The smallest absolute Gasteiger partial charge is 0.0761 e. The van der Waals surface area contributed by atoms with Crippen molar-refractivity contribution < 1.29 is 14.9 Å². The fraction of sp³-hybridized carbons (Fsp3) is 0.591. The van der Waals surface area contributed by atoms with Crippen molar-refractivity contribution in [2.45, 2.75) is 56.8 Å². The zero-order valence-corrected chi connectivity index (χ0v) is 15.2. The van der Waals surface area contributed by atoms with Gasteiger partial charge in [0.15, 0.2) is 0 Å². The van der Waals surface area contributed by atoms with Gasteiger partial charge >= 0.3 is 0 Å². The van der Waals surface area contributed by atoms with Crippen LogP contribution in [0.15, 0.2) is 42.5 Å². The van der Waals surface area contributed by atoms with Crippen LogP contribution in [0.3, 0.4) is 0 Å². The maximum Gasteiger partial charge on any atom is 0.0761 e. The van der Waals surface area contributed by atoms with E-state index in [2.05, 4.69) is 6.07 Å². The fourth-order valence-corrected chi connectivity index (χ4v) is 4.59. The Morgan fingerprint density at radius 1 is 1.23 bits per heavy atom. The number of fused-ring (bicyclic) bond motifs is 1. The molecular weight excluding hydrogens is 326 g/mol. The first-order chi connectivity index (χ1) is 12.7. The second-order valence-corrected chi connectivity index (χ2v) is 7.67. The van der Waals surface area contributed by atoms with E-state index in [9.17, 15) is 10.2 Å². The van der Waals surface area contributed by atoms with Gasteiger partial charge in [0.1, 0.15) is 0 Å². The van der Waals surface area contributed by atoms with E-state index in [-0.39, 0.29) is 18.1 Å². The number of unbranched alkanes of at least 4 members (excludes halogenated alkanes) is 1. The maximum atomic E-state index is 10.4. The van der Waals surface area contributed by atoms with Crippen molar-refractivity contribution in [2.24, 2.45) is 17.8 Å². The summed E-state index contributed by atoms with van der Waals surface area (Å²) in [4.78, 5) is 0. The van der Waals surface area contributed by atoms with Gasteiger partial charge in [-0.3, -0.25) is 0 Å². The maximum absolute atomic E-state index is 10.4. The average Bonchev–Trinajstić information content (AvgIpc) is 3.14. The molecule has 4 heteroatoms. The number of rotatable bonds is 8. The molecule has 0 radical (unpaired) electrons. The Morgan fingerprint density at radius 2 is 2.04 bits per heavy atom. The highest BCUT2D eigenvalue weighted by atomic mass is 16.5. The first kappa shape index (κ1) is 19.1. The van der Waals surface area contributed by atoms with E-state index >= 15 is 0 Å². The molecule has 2 aliphatic rings. The number of benzene rings is 1. The third kappa shape index (κ3) is 4.94. The third-order valence-corrected chi connectivity index (χ3v) is 5.82. The molecule has 0 aliphatic heterocycles. The summed E-state index contributed by atoms with van der Waals surface area (Å²) >= 11 is 0. The summed E-state index contributed by atoms with van der Waals surface area (Å²) in [5, 5.41) is 29.3. The Bertz CT molecular complexity index is 624. The van der Waals surface area contributed by atoms with Crippen LogP contribution in [0.1, 0.15) is 37.7 Å². The van der Waals surface area contributed by atoms with Gasteiger partial charge in [-0.2, -0.15) is 5.26 Å². The SMILES string of the molecule is N#CCCCOC1C[C@H]2C[C@H](O)[C@@H](C=CC(O)Cc3ccccc3)[C@@H]2C1. The van der Waals surface area contributed by atoms with Crippen LogP contribution < -0.4 is 0 Å². The Hall–Kier alpha value is -1.67. The molecule has 3 rings (SSSR count). The van der Waals surface area contributed by atoms with Gasteiger partial charge in [-0.05, 0) is 43.1 Å². The van der Waals surface area contributed by atoms with Crippen LogP contribution in [0.25, 0.3) is 0 Å². The molecule has 0 spiro atoms. The van der Waals surface area contributed by atoms with E-state index in [1.54, 1.807) is 0 Å². The normalized spacial score (nSPS) is 31.8. The standard InChI is InChI=1S/C22H29NO3/c23-10-4-5-11-26-19-13-17-14-22(25)20(21(17)15-19)9-8-18(24)12-16-6-2-1-3-7-16/h1-3,6-9,17-22,24-25H,4-5,11-15H2/t17-,18?,19?,20-,21+,22-/m0/s1. The van der Waals surface area contributed by atoms with E-state index in [1.165, 1.54) is 0 Å². The van der Waals surface area contributed by atoms with Crippen molar-refractivity contribution in [3.8, 4) is 6.07 Å². The van der Waals surface area contributed by atoms with Gasteiger partial charge in [0, 0.05) is 25.4 Å². The summed E-state index contributed by atoms with van der Waals surface area (Å²) < 4.78 is 5.92. The van der Waals surface area contributed by atoms with Crippen LogP contribution >= 0.6 is 0 Å². The Labute approximate surface area is 156 Å². The monoisotopic (exact) mass is 355 g/mol. The highest BCUT2D eigenvalue weighted by Crippen LogP contribution is 2.49. The molecule has 0 saturated heterocycles. The lowest BCUT2D eigenvalue weighted by molar-refractivity contribution is 0.0427. The molecule has 0 heterocycles. The molecule has 2 N–H and O–H groups in total. The van der Waals surface area contributed by atoms with E-state index in [1.807, 2.05) is 42.5 Å². The lowest BCUT2D eigenvalue weighted by Gasteiger charge is -2.19. The van der Waals surface area contributed by atoms with Crippen molar-refractivity contribution in [1.29, 1.82) is 5.26 Å². The highest BCUT2D eigenvalue weighted by Gasteiger charge is 2.47. The zero-order valence-electron chi connectivity index (χ0n) is 15.2. The molecular formula is C22H29NO3. The predicted octanol–water partition coefficient (Wildman–Crippen LogP) is 3.24. The van der Waals surface area contributed by atoms with Gasteiger partial charge in [0.25, 0.3) is 0 Å². The highest BCUT2D eigenvalue weighted by molar-refractivity contribution is 5.17. The molecule has 1 aromatic carbocycles. The molecule has 26 heavy (non-hydrogen) atoms. The van der Waals surface area contributed by atoms with Crippen molar-refractivity contribution in [3.05, 3.63) is 48.0 Å². The predicted molar refractivity (Wildman–Crippen MR) is 100 cm³/mol. The largest absolute Gasteiger partial charge is 0.392 e. The quantitative estimate of drug-likeness (QED) is 0.555. The second kappa shape index (κ2) is 9.32. The molecule has 0 amide bonds. The van der Waals surface area contributed by atoms with Gasteiger partial charge < -0.3 is 14.9 Å². The number of nitrogens with zero attached hydrogens (tertiary/aromatic N) is 1. The number of nitriles is 1. The first-order valence-corrected chi connectivity index (χ1v) is 9.74. The first-order valence-electron chi connectivity index (χ1n) is 9.74. The van der Waals surface area contributed by atoms with Gasteiger partial charge in [0.2, 0.25) is 0 Å². The van der Waals surface area contributed by atoms with Crippen molar-refractivity contribution in [3.63, 3.8) is 0 Å².